The molecule has 2 heteroatoms. The normalized spacial score (nSPS) is 36.1. The highest BCUT2D eigenvalue weighted by atomic mass is 15.1. The Hall–Kier alpha value is -0.0800. The lowest BCUT2D eigenvalue weighted by atomic mass is 9.76. The first-order chi connectivity index (χ1) is 9.72. The van der Waals surface area contributed by atoms with E-state index in [9.17, 15) is 0 Å². The van der Waals surface area contributed by atoms with Gasteiger partial charge in [0.1, 0.15) is 0 Å². The first-order valence-electron chi connectivity index (χ1n) is 9.18. The van der Waals surface area contributed by atoms with E-state index in [0.29, 0.717) is 0 Å². The molecule has 1 N–H and O–H groups in total. The van der Waals surface area contributed by atoms with Crippen LogP contribution >= 0.6 is 0 Å². The van der Waals surface area contributed by atoms with Gasteiger partial charge in [-0.25, -0.2) is 0 Å². The van der Waals surface area contributed by atoms with Crippen LogP contribution in [0.5, 0.6) is 0 Å². The quantitative estimate of drug-likeness (QED) is 0.793. The Bertz CT molecular complexity index is 266. The summed E-state index contributed by atoms with van der Waals surface area (Å²) in [7, 11) is 0. The standard InChI is InChI=1S/C18H36N2/c1-4-7-16-9-10-18(19-5-2)17(12-16)14-20-11-6-8-15(3)13-20/h15-19H,4-14H2,1-3H3. The average Bonchev–Trinajstić information content (AvgIpc) is 2.42. The highest BCUT2D eigenvalue weighted by Crippen LogP contribution is 2.33. The van der Waals surface area contributed by atoms with Gasteiger partial charge in [-0.05, 0) is 62.9 Å². The third-order valence-corrected chi connectivity index (χ3v) is 5.49. The number of likely N-dealkylation sites (tertiary alicyclic amines) is 1. The Labute approximate surface area is 126 Å². The van der Waals surface area contributed by atoms with Gasteiger partial charge in [0.25, 0.3) is 0 Å². The summed E-state index contributed by atoms with van der Waals surface area (Å²) in [6, 6.07) is 0.783. The van der Waals surface area contributed by atoms with Crippen molar-refractivity contribution in [1.29, 1.82) is 0 Å². The molecule has 0 aromatic carbocycles. The van der Waals surface area contributed by atoms with Crippen molar-refractivity contribution < 1.29 is 0 Å². The van der Waals surface area contributed by atoms with E-state index in [2.05, 4.69) is 31.0 Å². The molecule has 1 saturated carbocycles. The summed E-state index contributed by atoms with van der Waals surface area (Å²) in [4.78, 5) is 2.76. The highest BCUT2D eigenvalue weighted by Gasteiger charge is 2.31. The van der Waals surface area contributed by atoms with E-state index in [1.807, 2.05) is 0 Å². The second-order valence-corrected chi connectivity index (χ2v) is 7.40. The van der Waals surface area contributed by atoms with Gasteiger partial charge in [-0.2, -0.15) is 0 Å². The fourth-order valence-electron chi connectivity index (χ4n) is 4.55. The summed E-state index contributed by atoms with van der Waals surface area (Å²) in [6.07, 6.45) is 10.0. The van der Waals surface area contributed by atoms with Gasteiger partial charge in [-0.3, -0.25) is 0 Å². The Kier molecular flexibility index (Phi) is 6.83. The van der Waals surface area contributed by atoms with Crippen molar-refractivity contribution in [3.8, 4) is 0 Å². The van der Waals surface area contributed by atoms with Crippen LogP contribution in [0.3, 0.4) is 0 Å². The zero-order valence-corrected chi connectivity index (χ0v) is 14.0. The molecule has 1 saturated heterocycles. The Morgan fingerprint density at radius 2 is 2.00 bits per heavy atom. The second kappa shape index (κ2) is 8.38. The fourth-order valence-corrected chi connectivity index (χ4v) is 4.55. The van der Waals surface area contributed by atoms with Crippen LogP contribution in [-0.2, 0) is 0 Å². The maximum atomic E-state index is 3.77. The molecule has 2 fully saturated rings. The number of nitrogens with one attached hydrogen (secondary N) is 1. The molecule has 2 nitrogen and oxygen atoms in total. The minimum Gasteiger partial charge on any atom is -0.314 e. The highest BCUT2D eigenvalue weighted by molar-refractivity contribution is 4.87. The van der Waals surface area contributed by atoms with Crippen molar-refractivity contribution in [3.63, 3.8) is 0 Å². The summed E-state index contributed by atoms with van der Waals surface area (Å²) in [6.45, 7) is 12.2. The summed E-state index contributed by atoms with van der Waals surface area (Å²) >= 11 is 0. The van der Waals surface area contributed by atoms with Crippen LogP contribution in [-0.4, -0.2) is 37.1 Å². The van der Waals surface area contributed by atoms with E-state index < -0.39 is 0 Å². The van der Waals surface area contributed by atoms with Gasteiger partial charge in [0.2, 0.25) is 0 Å². The molecule has 4 unspecified atom stereocenters. The van der Waals surface area contributed by atoms with Gasteiger partial charge >= 0.3 is 0 Å². The third-order valence-electron chi connectivity index (χ3n) is 5.49. The first kappa shape index (κ1) is 16.3. The van der Waals surface area contributed by atoms with Gasteiger partial charge in [0, 0.05) is 19.1 Å². The minimum absolute atomic E-state index is 0.783. The molecule has 2 aliphatic rings. The van der Waals surface area contributed by atoms with E-state index in [-0.39, 0.29) is 0 Å². The molecule has 0 spiro atoms. The predicted molar refractivity (Wildman–Crippen MR) is 88.0 cm³/mol. The number of hydrogen-bond donors (Lipinski definition) is 1. The monoisotopic (exact) mass is 280 g/mol. The lowest BCUT2D eigenvalue weighted by Gasteiger charge is -2.41. The number of piperidine rings is 1. The largest absolute Gasteiger partial charge is 0.314 e. The van der Waals surface area contributed by atoms with E-state index in [4.69, 9.17) is 0 Å². The summed E-state index contributed by atoms with van der Waals surface area (Å²) in [5.74, 6) is 2.81. The summed E-state index contributed by atoms with van der Waals surface area (Å²) < 4.78 is 0. The van der Waals surface area contributed by atoms with Crippen molar-refractivity contribution in [1.82, 2.24) is 10.2 Å². The molecular formula is C18H36N2. The van der Waals surface area contributed by atoms with Crippen LogP contribution in [0.15, 0.2) is 0 Å². The number of hydrogen-bond acceptors (Lipinski definition) is 2. The van der Waals surface area contributed by atoms with Crippen molar-refractivity contribution in [2.45, 2.75) is 71.8 Å². The zero-order valence-electron chi connectivity index (χ0n) is 14.0. The Morgan fingerprint density at radius 1 is 1.15 bits per heavy atom. The zero-order chi connectivity index (χ0) is 14.4. The molecule has 0 amide bonds. The molecule has 1 aliphatic carbocycles. The van der Waals surface area contributed by atoms with Gasteiger partial charge < -0.3 is 10.2 Å². The molecule has 4 atom stereocenters. The van der Waals surface area contributed by atoms with Gasteiger partial charge in [-0.1, -0.05) is 33.6 Å². The topological polar surface area (TPSA) is 15.3 Å². The van der Waals surface area contributed by atoms with E-state index in [1.165, 1.54) is 64.6 Å². The molecular weight excluding hydrogens is 244 g/mol. The van der Waals surface area contributed by atoms with Crippen LogP contribution in [0, 0.1) is 17.8 Å². The maximum Gasteiger partial charge on any atom is 0.0108 e. The van der Waals surface area contributed by atoms with Gasteiger partial charge in [0.05, 0.1) is 0 Å². The Morgan fingerprint density at radius 3 is 2.70 bits per heavy atom. The second-order valence-electron chi connectivity index (χ2n) is 7.40. The molecule has 0 bridgehead atoms. The van der Waals surface area contributed by atoms with Gasteiger partial charge in [0.15, 0.2) is 0 Å². The summed E-state index contributed by atoms with van der Waals surface area (Å²) in [5.41, 5.74) is 0. The Balaban J connectivity index is 1.88. The van der Waals surface area contributed by atoms with Crippen molar-refractivity contribution >= 4 is 0 Å². The van der Waals surface area contributed by atoms with E-state index in [0.717, 1.165) is 30.3 Å². The summed E-state index contributed by atoms with van der Waals surface area (Å²) in [5, 5.41) is 3.77. The van der Waals surface area contributed by atoms with E-state index in [1.54, 1.807) is 0 Å². The van der Waals surface area contributed by atoms with Crippen LogP contribution in [0.1, 0.15) is 65.7 Å². The van der Waals surface area contributed by atoms with E-state index >= 15 is 0 Å². The van der Waals surface area contributed by atoms with Crippen molar-refractivity contribution in [3.05, 3.63) is 0 Å². The molecule has 2 rings (SSSR count). The van der Waals surface area contributed by atoms with Crippen LogP contribution in [0.2, 0.25) is 0 Å². The molecule has 0 aromatic heterocycles. The van der Waals surface area contributed by atoms with Crippen molar-refractivity contribution in [2.75, 3.05) is 26.2 Å². The average molecular weight is 281 g/mol. The van der Waals surface area contributed by atoms with Crippen LogP contribution < -0.4 is 5.32 Å². The minimum atomic E-state index is 0.783. The van der Waals surface area contributed by atoms with Crippen LogP contribution in [0.4, 0.5) is 0 Å². The van der Waals surface area contributed by atoms with Crippen LogP contribution in [0.25, 0.3) is 0 Å². The maximum absolute atomic E-state index is 3.77. The molecule has 20 heavy (non-hydrogen) atoms. The lowest BCUT2D eigenvalue weighted by molar-refractivity contribution is 0.107. The number of rotatable bonds is 6. The number of nitrogens with zero attached hydrogens (tertiary/aromatic N) is 1. The molecule has 0 aromatic rings. The predicted octanol–water partition coefficient (Wildman–Crippen LogP) is 3.91. The molecule has 1 heterocycles. The molecule has 1 aliphatic heterocycles. The SMILES string of the molecule is CCCC1CCC(NCC)C(CN2CCCC(C)C2)C1. The third kappa shape index (κ3) is 4.73. The molecule has 118 valence electrons. The fraction of sp³-hybridized carbons (Fsp3) is 1.00. The van der Waals surface area contributed by atoms with Gasteiger partial charge in [-0.15, -0.1) is 0 Å². The first-order valence-corrected chi connectivity index (χ1v) is 9.18. The van der Waals surface area contributed by atoms with Crippen molar-refractivity contribution in [2.24, 2.45) is 17.8 Å². The molecule has 0 radical (unpaired) electrons. The lowest BCUT2D eigenvalue weighted by Crippen LogP contribution is -2.47. The smallest absolute Gasteiger partial charge is 0.0108 e.